The Bertz CT molecular complexity index is 763. The van der Waals surface area contributed by atoms with Crippen LogP contribution in [0.25, 0.3) is 0 Å². The van der Waals surface area contributed by atoms with Crippen LogP contribution in [0.1, 0.15) is 10.4 Å². The van der Waals surface area contributed by atoms with Crippen molar-refractivity contribution in [1.29, 1.82) is 0 Å². The molecule has 0 atom stereocenters. The summed E-state index contributed by atoms with van der Waals surface area (Å²) in [5.74, 6) is -1.80. The van der Waals surface area contributed by atoms with Gasteiger partial charge in [-0.25, -0.2) is 0 Å². The lowest BCUT2D eigenvalue weighted by Gasteiger charge is -2.10. The van der Waals surface area contributed by atoms with Gasteiger partial charge in [-0.2, -0.15) is 0 Å². The Morgan fingerprint density at radius 2 is 1.58 bits per heavy atom. The maximum atomic E-state index is 12.1. The van der Waals surface area contributed by atoms with Gasteiger partial charge in [-0.15, -0.1) is 0 Å². The second kappa shape index (κ2) is 7.23. The Balaban J connectivity index is 2.31. The van der Waals surface area contributed by atoms with E-state index < -0.39 is 16.6 Å². The van der Waals surface area contributed by atoms with Gasteiger partial charge in [0.2, 0.25) is 11.5 Å². The smallest absolute Gasteiger partial charge is 0.352 e. The third kappa shape index (κ3) is 3.49. The van der Waals surface area contributed by atoms with E-state index in [-0.39, 0.29) is 28.4 Å². The van der Waals surface area contributed by atoms with E-state index in [0.29, 0.717) is 0 Å². The standard InChI is InChI=1S/C16H14N2O6/c1-23-12-8-11(9-13(24-2)14(12)18(21)22)17-16(20)15(19)10-6-4-3-5-7-10/h3-9H,1-2H3,(H,17,20). The molecule has 2 aromatic rings. The second-order valence-electron chi connectivity index (χ2n) is 4.64. The number of nitrogens with one attached hydrogen (secondary N) is 1. The molecule has 0 radical (unpaired) electrons. The van der Waals surface area contributed by atoms with E-state index in [4.69, 9.17) is 9.47 Å². The van der Waals surface area contributed by atoms with Gasteiger partial charge in [0.15, 0.2) is 0 Å². The van der Waals surface area contributed by atoms with Crippen LogP contribution in [-0.4, -0.2) is 30.8 Å². The molecule has 1 amide bonds. The summed E-state index contributed by atoms with van der Waals surface area (Å²) in [6.45, 7) is 0. The lowest BCUT2D eigenvalue weighted by atomic mass is 10.1. The lowest BCUT2D eigenvalue weighted by Crippen LogP contribution is -2.22. The Hall–Kier alpha value is -3.42. The number of nitrogens with zero attached hydrogens (tertiary/aromatic N) is 1. The molecule has 0 saturated heterocycles. The second-order valence-corrected chi connectivity index (χ2v) is 4.64. The summed E-state index contributed by atoms with van der Waals surface area (Å²) in [5, 5.41) is 13.5. The number of rotatable bonds is 6. The topological polar surface area (TPSA) is 108 Å². The Morgan fingerprint density at radius 1 is 1.04 bits per heavy atom. The predicted octanol–water partition coefficient (Wildman–Crippen LogP) is 2.43. The van der Waals surface area contributed by atoms with Crippen LogP contribution >= 0.6 is 0 Å². The number of hydrogen-bond acceptors (Lipinski definition) is 6. The molecule has 124 valence electrons. The average Bonchev–Trinajstić information content (AvgIpc) is 2.60. The normalized spacial score (nSPS) is 9.92. The molecule has 0 unspecified atom stereocenters. The van der Waals surface area contributed by atoms with E-state index in [1.54, 1.807) is 18.2 Å². The largest absolute Gasteiger partial charge is 0.490 e. The zero-order valence-corrected chi connectivity index (χ0v) is 12.9. The van der Waals surface area contributed by atoms with Gasteiger partial charge in [-0.1, -0.05) is 30.3 Å². The minimum absolute atomic E-state index is 0.0955. The number of carbonyl (C=O) groups is 2. The van der Waals surface area contributed by atoms with Crippen LogP contribution in [0.2, 0.25) is 0 Å². The van der Waals surface area contributed by atoms with E-state index in [0.717, 1.165) is 0 Å². The van der Waals surface area contributed by atoms with Gasteiger partial charge in [-0.3, -0.25) is 19.7 Å². The molecule has 0 aliphatic rings. The molecular weight excluding hydrogens is 316 g/mol. The van der Waals surface area contributed by atoms with Crippen LogP contribution in [0.15, 0.2) is 42.5 Å². The number of ether oxygens (including phenoxy) is 2. The van der Waals surface area contributed by atoms with Gasteiger partial charge in [0, 0.05) is 23.4 Å². The van der Waals surface area contributed by atoms with Crippen LogP contribution in [0.3, 0.4) is 0 Å². The maximum Gasteiger partial charge on any atom is 0.352 e. The van der Waals surface area contributed by atoms with Crippen molar-refractivity contribution in [3.05, 3.63) is 58.1 Å². The first-order valence-electron chi connectivity index (χ1n) is 6.79. The molecule has 2 rings (SSSR count). The first-order chi connectivity index (χ1) is 11.5. The highest BCUT2D eigenvalue weighted by Crippen LogP contribution is 2.39. The van der Waals surface area contributed by atoms with Crippen molar-refractivity contribution in [2.45, 2.75) is 0 Å². The molecule has 0 aliphatic heterocycles. The van der Waals surface area contributed by atoms with Crippen LogP contribution in [-0.2, 0) is 4.79 Å². The Morgan fingerprint density at radius 3 is 2.04 bits per heavy atom. The van der Waals surface area contributed by atoms with Crippen LogP contribution in [0.5, 0.6) is 11.5 Å². The number of Topliss-reactive ketones (excluding diaryl/α,β-unsaturated/α-hetero) is 1. The number of anilines is 1. The van der Waals surface area contributed by atoms with Crippen LogP contribution in [0.4, 0.5) is 11.4 Å². The SMILES string of the molecule is COc1cc(NC(=O)C(=O)c2ccccc2)cc(OC)c1[N+](=O)[O-]. The van der Waals surface area contributed by atoms with Gasteiger partial charge in [0.05, 0.1) is 19.1 Å². The number of nitro benzene ring substituents is 1. The van der Waals surface area contributed by atoms with E-state index in [1.807, 2.05) is 0 Å². The Labute approximate surface area is 137 Å². The van der Waals surface area contributed by atoms with E-state index in [1.165, 1.54) is 38.5 Å². The number of hydrogen-bond donors (Lipinski definition) is 1. The first kappa shape index (κ1) is 16.9. The summed E-state index contributed by atoms with van der Waals surface area (Å²) in [5.41, 5.74) is 0.00630. The summed E-state index contributed by atoms with van der Waals surface area (Å²) < 4.78 is 9.92. The van der Waals surface area contributed by atoms with Crippen molar-refractivity contribution in [3.8, 4) is 11.5 Å². The molecule has 0 fully saturated rings. The van der Waals surface area contributed by atoms with E-state index >= 15 is 0 Å². The van der Waals surface area contributed by atoms with Gasteiger partial charge < -0.3 is 14.8 Å². The van der Waals surface area contributed by atoms with Gasteiger partial charge in [0.25, 0.3) is 11.7 Å². The minimum atomic E-state index is -0.876. The van der Waals surface area contributed by atoms with E-state index in [2.05, 4.69) is 5.32 Å². The van der Waals surface area contributed by atoms with Crippen LogP contribution in [0, 0.1) is 10.1 Å². The number of ketones is 1. The zero-order chi connectivity index (χ0) is 17.7. The summed E-state index contributed by atoms with van der Waals surface area (Å²) in [6.07, 6.45) is 0. The van der Waals surface area contributed by atoms with Crippen molar-refractivity contribution >= 4 is 23.1 Å². The summed E-state index contributed by atoms with van der Waals surface area (Å²) in [7, 11) is 2.50. The predicted molar refractivity (Wildman–Crippen MR) is 85.6 cm³/mol. The fourth-order valence-electron chi connectivity index (χ4n) is 2.05. The molecule has 0 aliphatic carbocycles. The van der Waals surface area contributed by atoms with E-state index in [9.17, 15) is 19.7 Å². The third-order valence-corrected chi connectivity index (χ3v) is 3.16. The first-order valence-corrected chi connectivity index (χ1v) is 6.79. The summed E-state index contributed by atoms with van der Waals surface area (Å²) >= 11 is 0. The number of nitro groups is 1. The Kier molecular flexibility index (Phi) is 5.10. The van der Waals surface area contributed by atoms with Gasteiger partial charge >= 0.3 is 5.69 Å². The molecule has 0 aromatic heterocycles. The molecule has 1 N–H and O–H groups in total. The minimum Gasteiger partial charge on any atom is -0.490 e. The molecule has 0 heterocycles. The van der Waals surface area contributed by atoms with Crippen molar-refractivity contribution in [1.82, 2.24) is 0 Å². The van der Waals surface area contributed by atoms with Crippen molar-refractivity contribution in [3.63, 3.8) is 0 Å². The van der Waals surface area contributed by atoms with Crippen molar-refractivity contribution in [2.24, 2.45) is 0 Å². The third-order valence-electron chi connectivity index (χ3n) is 3.16. The van der Waals surface area contributed by atoms with Crippen molar-refractivity contribution in [2.75, 3.05) is 19.5 Å². The summed E-state index contributed by atoms with van der Waals surface area (Å²) in [4.78, 5) is 34.5. The number of amides is 1. The number of carbonyl (C=O) groups excluding carboxylic acids is 2. The lowest BCUT2D eigenvalue weighted by molar-refractivity contribution is -0.386. The molecule has 24 heavy (non-hydrogen) atoms. The molecule has 2 aromatic carbocycles. The quantitative estimate of drug-likeness (QED) is 0.377. The highest BCUT2D eigenvalue weighted by molar-refractivity contribution is 6.46. The number of benzene rings is 2. The molecule has 8 heteroatoms. The highest BCUT2D eigenvalue weighted by atomic mass is 16.6. The molecule has 8 nitrogen and oxygen atoms in total. The fraction of sp³-hybridized carbons (Fsp3) is 0.125. The van der Waals surface area contributed by atoms with Gasteiger partial charge in [0.1, 0.15) is 0 Å². The fourth-order valence-corrected chi connectivity index (χ4v) is 2.05. The molecule has 0 bridgehead atoms. The molecule has 0 saturated carbocycles. The highest BCUT2D eigenvalue weighted by Gasteiger charge is 2.25. The number of methoxy groups -OCH3 is 2. The molecule has 0 spiro atoms. The van der Waals surface area contributed by atoms with Gasteiger partial charge in [-0.05, 0) is 0 Å². The summed E-state index contributed by atoms with van der Waals surface area (Å²) in [6, 6.07) is 10.5. The molecular formula is C16H14N2O6. The average molecular weight is 330 g/mol. The monoisotopic (exact) mass is 330 g/mol. The van der Waals surface area contributed by atoms with Crippen LogP contribution < -0.4 is 14.8 Å². The van der Waals surface area contributed by atoms with Crippen molar-refractivity contribution < 1.29 is 24.0 Å². The maximum absolute atomic E-state index is 12.1. The zero-order valence-electron chi connectivity index (χ0n) is 12.9.